The molecule has 3 N–H and O–H groups in total. The number of anilines is 2. The van der Waals surface area contributed by atoms with Crippen LogP contribution in [0.15, 0.2) is 59.2 Å². The quantitative estimate of drug-likeness (QED) is 0.442. The van der Waals surface area contributed by atoms with E-state index in [0.717, 1.165) is 38.4 Å². The molecule has 0 aromatic heterocycles. The van der Waals surface area contributed by atoms with E-state index in [0.29, 0.717) is 34.3 Å². The van der Waals surface area contributed by atoms with Crippen LogP contribution in [0.2, 0.25) is 5.02 Å². The highest BCUT2D eigenvalue weighted by Crippen LogP contribution is 2.25. The minimum atomic E-state index is -0.402. The summed E-state index contributed by atoms with van der Waals surface area (Å²) in [5.41, 5.74) is 8.98. The van der Waals surface area contributed by atoms with Gasteiger partial charge in [0.2, 0.25) is 0 Å². The number of halogens is 1. The van der Waals surface area contributed by atoms with E-state index >= 15 is 0 Å². The fraction of sp³-hybridized carbons (Fsp3) is 0.320. The molecule has 0 saturated carbocycles. The van der Waals surface area contributed by atoms with Crippen molar-refractivity contribution < 1.29 is 9.53 Å². The molecule has 0 bridgehead atoms. The van der Waals surface area contributed by atoms with Crippen LogP contribution in [0.4, 0.5) is 17.1 Å². The lowest BCUT2D eigenvalue weighted by Gasteiger charge is -2.36. The van der Waals surface area contributed by atoms with Crippen LogP contribution in [0, 0.1) is 11.3 Å². The first kappa shape index (κ1) is 25.2. The lowest BCUT2D eigenvalue weighted by atomic mass is 10.1. The van der Waals surface area contributed by atoms with Crippen LogP contribution in [-0.2, 0) is 9.53 Å². The molecule has 1 heterocycles. The first-order chi connectivity index (χ1) is 16.4. The summed E-state index contributed by atoms with van der Waals surface area (Å²) in [6, 6.07) is 14.6. The SMILES string of the molecule is COCCN1CCN(c2ccc(NC(=O)C(=CN)C(C)=Nc3ccc(Cl)cc3)cc2C#N)CC1. The van der Waals surface area contributed by atoms with Crippen molar-refractivity contribution in [2.75, 3.05) is 56.7 Å². The van der Waals surface area contributed by atoms with Gasteiger partial charge in [0.05, 0.1) is 34.8 Å². The molecule has 0 radical (unpaired) electrons. The Morgan fingerprint density at radius 2 is 1.94 bits per heavy atom. The Balaban J connectivity index is 1.69. The molecule has 9 heteroatoms. The molecule has 0 aliphatic carbocycles. The molecule has 1 amide bonds. The molecular formula is C25H29ClN6O2. The Hall–Kier alpha value is -3.38. The van der Waals surface area contributed by atoms with Crippen molar-refractivity contribution >= 4 is 40.3 Å². The topological polar surface area (TPSA) is 107 Å². The van der Waals surface area contributed by atoms with Crippen molar-refractivity contribution in [3.05, 3.63) is 64.8 Å². The Morgan fingerprint density at radius 1 is 1.24 bits per heavy atom. The van der Waals surface area contributed by atoms with Crippen LogP contribution < -0.4 is 16.0 Å². The zero-order valence-corrected chi connectivity index (χ0v) is 20.2. The highest BCUT2D eigenvalue weighted by Gasteiger charge is 2.20. The van der Waals surface area contributed by atoms with Gasteiger partial charge in [-0.05, 0) is 49.4 Å². The number of aliphatic imine (C=N–C) groups is 1. The molecule has 1 aliphatic heterocycles. The van der Waals surface area contributed by atoms with E-state index < -0.39 is 5.91 Å². The van der Waals surface area contributed by atoms with Crippen LogP contribution in [0.5, 0.6) is 0 Å². The van der Waals surface area contributed by atoms with Crippen LogP contribution >= 0.6 is 11.6 Å². The second-order valence-corrected chi connectivity index (χ2v) is 8.31. The van der Waals surface area contributed by atoms with E-state index in [1.165, 1.54) is 6.20 Å². The van der Waals surface area contributed by atoms with Crippen molar-refractivity contribution in [1.29, 1.82) is 5.26 Å². The lowest BCUT2D eigenvalue weighted by Crippen LogP contribution is -2.47. The van der Waals surface area contributed by atoms with Gasteiger partial charge in [0.15, 0.2) is 0 Å². The van der Waals surface area contributed by atoms with Crippen LogP contribution in [0.25, 0.3) is 0 Å². The molecular weight excluding hydrogens is 452 g/mol. The molecule has 178 valence electrons. The summed E-state index contributed by atoms with van der Waals surface area (Å²) in [5.74, 6) is -0.402. The zero-order chi connectivity index (χ0) is 24.5. The Bertz CT molecular complexity index is 1100. The molecule has 0 spiro atoms. The highest BCUT2D eigenvalue weighted by molar-refractivity contribution is 6.30. The van der Waals surface area contributed by atoms with E-state index in [1.54, 1.807) is 50.4 Å². The number of nitriles is 1. The van der Waals surface area contributed by atoms with Crippen molar-refractivity contribution in [3.63, 3.8) is 0 Å². The number of piperazine rings is 1. The van der Waals surface area contributed by atoms with Gasteiger partial charge >= 0.3 is 0 Å². The molecule has 34 heavy (non-hydrogen) atoms. The van der Waals surface area contributed by atoms with E-state index in [4.69, 9.17) is 22.1 Å². The van der Waals surface area contributed by atoms with E-state index in [9.17, 15) is 10.1 Å². The molecule has 3 rings (SSSR count). The van der Waals surface area contributed by atoms with Gasteiger partial charge in [-0.2, -0.15) is 5.26 Å². The number of nitrogens with one attached hydrogen (secondary N) is 1. The van der Waals surface area contributed by atoms with Gasteiger partial charge < -0.3 is 20.7 Å². The number of rotatable bonds is 8. The maximum atomic E-state index is 12.9. The Morgan fingerprint density at radius 3 is 2.56 bits per heavy atom. The molecule has 2 aromatic rings. The number of amides is 1. The second kappa shape index (κ2) is 12.2. The molecule has 1 aliphatic rings. The maximum absolute atomic E-state index is 12.9. The zero-order valence-electron chi connectivity index (χ0n) is 19.4. The average molecular weight is 481 g/mol. The van der Waals surface area contributed by atoms with Gasteiger partial charge in [-0.15, -0.1) is 0 Å². The number of nitrogens with zero attached hydrogens (tertiary/aromatic N) is 4. The molecule has 0 atom stereocenters. The predicted molar refractivity (Wildman–Crippen MR) is 137 cm³/mol. The van der Waals surface area contributed by atoms with Crippen molar-refractivity contribution in [2.24, 2.45) is 10.7 Å². The van der Waals surface area contributed by atoms with Gasteiger partial charge in [-0.1, -0.05) is 11.6 Å². The number of carbonyl (C=O) groups is 1. The van der Waals surface area contributed by atoms with E-state index in [2.05, 4.69) is 26.2 Å². The fourth-order valence-corrected chi connectivity index (χ4v) is 3.87. The number of hydrogen-bond acceptors (Lipinski definition) is 7. The number of carbonyl (C=O) groups excluding carboxylic acids is 1. The van der Waals surface area contributed by atoms with Gasteiger partial charge in [0.1, 0.15) is 6.07 Å². The monoisotopic (exact) mass is 480 g/mol. The molecule has 2 aromatic carbocycles. The van der Waals surface area contributed by atoms with Crippen molar-refractivity contribution in [1.82, 2.24) is 4.90 Å². The van der Waals surface area contributed by atoms with Crippen LogP contribution in [0.1, 0.15) is 12.5 Å². The highest BCUT2D eigenvalue weighted by atomic mass is 35.5. The van der Waals surface area contributed by atoms with E-state index in [-0.39, 0.29) is 5.57 Å². The summed E-state index contributed by atoms with van der Waals surface area (Å²) in [6.07, 6.45) is 1.23. The summed E-state index contributed by atoms with van der Waals surface area (Å²) in [4.78, 5) is 21.9. The standard InChI is InChI=1S/C25H29ClN6O2/c1-18(29-21-5-3-20(26)4-6-21)23(17-28)25(33)30-22-7-8-24(19(15-22)16-27)32-11-9-31(10-12-32)13-14-34-2/h3-8,15,17H,9-14,28H2,1-2H3,(H,30,33). The lowest BCUT2D eigenvalue weighted by molar-refractivity contribution is -0.112. The summed E-state index contributed by atoms with van der Waals surface area (Å²) in [5, 5.41) is 13.2. The second-order valence-electron chi connectivity index (χ2n) is 7.87. The third-order valence-corrected chi connectivity index (χ3v) is 5.88. The Labute approximate surface area is 205 Å². The fourth-order valence-electron chi connectivity index (χ4n) is 3.74. The summed E-state index contributed by atoms with van der Waals surface area (Å²) >= 11 is 5.91. The van der Waals surface area contributed by atoms with Gasteiger partial charge in [-0.3, -0.25) is 14.7 Å². The van der Waals surface area contributed by atoms with Crippen LogP contribution in [0.3, 0.4) is 0 Å². The minimum Gasteiger partial charge on any atom is -0.404 e. The first-order valence-corrected chi connectivity index (χ1v) is 11.4. The molecule has 8 nitrogen and oxygen atoms in total. The van der Waals surface area contributed by atoms with Crippen LogP contribution in [-0.4, -0.2) is 63.0 Å². The van der Waals surface area contributed by atoms with Gasteiger partial charge in [-0.25, -0.2) is 0 Å². The van der Waals surface area contributed by atoms with Crippen molar-refractivity contribution in [2.45, 2.75) is 6.92 Å². The third kappa shape index (κ3) is 6.58. The summed E-state index contributed by atoms with van der Waals surface area (Å²) < 4.78 is 5.15. The number of nitrogens with two attached hydrogens (primary N) is 1. The van der Waals surface area contributed by atoms with E-state index in [1.807, 2.05) is 6.07 Å². The first-order valence-electron chi connectivity index (χ1n) is 11.0. The normalized spacial score (nSPS) is 15.2. The molecule has 1 fully saturated rings. The largest absolute Gasteiger partial charge is 0.404 e. The number of hydrogen-bond donors (Lipinski definition) is 2. The minimum absolute atomic E-state index is 0.240. The van der Waals surface area contributed by atoms with Gasteiger partial charge in [0, 0.05) is 56.7 Å². The smallest absolute Gasteiger partial charge is 0.258 e. The number of ether oxygens (including phenoxy) is 1. The average Bonchev–Trinajstić information content (AvgIpc) is 2.85. The number of methoxy groups -OCH3 is 1. The predicted octanol–water partition coefficient (Wildman–Crippen LogP) is 3.55. The molecule has 1 saturated heterocycles. The number of benzene rings is 2. The Kier molecular flexibility index (Phi) is 9.05. The summed E-state index contributed by atoms with van der Waals surface area (Å²) in [6.45, 7) is 6.78. The van der Waals surface area contributed by atoms with Gasteiger partial charge in [0.25, 0.3) is 5.91 Å². The third-order valence-electron chi connectivity index (χ3n) is 5.62. The summed E-state index contributed by atoms with van der Waals surface area (Å²) in [7, 11) is 1.70. The van der Waals surface area contributed by atoms with Crippen molar-refractivity contribution in [3.8, 4) is 6.07 Å². The maximum Gasteiger partial charge on any atom is 0.258 e. The molecule has 0 unspecified atom stereocenters.